The van der Waals surface area contributed by atoms with Crippen molar-refractivity contribution in [3.8, 4) is 0 Å². The number of amides is 3. The molecule has 2 rings (SSSR count). The molecule has 80 valence electrons. The van der Waals surface area contributed by atoms with E-state index in [0.717, 1.165) is 11.1 Å². The summed E-state index contributed by atoms with van der Waals surface area (Å²) in [7, 11) is 0. The molecule has 1 aliphatic heterocycles. The molecule has 0 atom stereocenters. The first-order valence-corrected chi connectivity index (χ1v) is 4.77. The number of aryl methyl sites for hydroxylation is 2. The third kappa shape index (κ3) is 1.58. The highest BCUT2D eigenvalue weighted by molar-refractivity contribution is 6.19. The Balaban J connectivity index is 0.00000128. The Hall–Kier alpha value is -1.84. The van der Waals surface area contributed by atoms with Crippen molar-refractivity contribution >= 4 is 17.6 Å². The van der Waals surface area contributed by atoms with E-state index in [-0.39, 0.29) is 19.9 Å². The van der Waals surface area contributed by atoms with Crippen LogP contribution in [0.25, 0.3) is 0 Å². The van der Waals surface area contributed by atoms with Crippen LogP contribution in [0.4, 0.5) is 10.5 Å². The molecule has 0 radical (unpaired) electrons. The van der Waals surface area contributed by atoms with E-state index in [9.17, 15) is 9.59 Å². The molecule has 0 bridgehead atoms. The zero-order valence-electron chi connectivity index (χ0n) is 8.70. The third-order valence-corrected chi connectivity index (χ3v) is 2.59. The summed E-state index contributed by atoms with van der Waals surface area (Å²) >= 11 is 0. The summed E-state index contributed by atoms with van der Waals surface area (Å²) in [6.07, 6.45) is 0. The fourth-order valence-corrected chi connectivity index (χ4v) is 1.55. The van der Waals surface area contributed by atoms with E-state index >= 15 is 0 Å². The topological polar surface area (TPSA) is 49.4 Å². The number of hydrogen-bond donors (Lipinski definition) is 1. The molecule has 1 saturated heterocycles. The maximum absolute atomic E-state index is 11.4. The van der Waals surface area contributed by atoms with Gasteiger partial charge in [0.15, 0.2) is 0 Å². The summed E-state index contributed by atoms with van der Waals surface area (Å²) in [5.74, 6) is -0.205. The molecule has 0 aliphatic carbocycles. The number of urea groups is 1. The average molecular weight is 206 g/mol. The summed E-state index contributed by atoms with van der Waals surface area (Å²) in [5.41, 5.74) is 2.85. The van der Waals surface area contributed by atoms with Crippen LogP contribution in [0.5, 0.6) is 0 Å². The van der Waals surface area contributed by atoms with Gasteiger partial charge < -0.3 is 5.32 Å². The second kappa shape index (κ2) is 3.38. The highest BCUT2D eigenvalue weighted by Gasteiger charge is 2.29. The second-order valence-corrected chi connectivity index (χ2v) is 3.66. The molecule has 3 amide bonds. The number of carbonyl (C=O) groups excluding carboxylic acids is 2. The predicted molar refractivity (Wildman–Crippen MR) is 58.9 cm³/mol. The van der Waals surface area contributed by atoms with Gasteiger partial charge in [0, 0.05) is 1.43 Å². The van der Waals surface area contributed by atoms with Gasteiger partial charge in [0.1, 0.15) is 0 Å². The Labute approximate surface area is 89.4 Å². The Morgan fingerprint density at radius 1 is 1.27 bits per heavy atom. The van der Waals surface area contributed by atoms with Crippen LogP contribution < -0.4 is 10.2 Å². The zero-order valence-corrected chi connectivity index (χ0v) is 8.70. The first-order chi connectivity index (χ1) is 7.09. The lowest BCUT2D eigenvalue weighted by Gasteiger charge is -2.13. The van der Waals surface area contributed by atoms with Crippen molar-refractivity contribution in [2.45, 2.75) is 13.8 Å². The summed E-state index contributed by atoms with van der Waals surface area (Å²) in [4.78, 5) is 24.0. The van der Waals surface area contributed by atoms with Crippen LogP contribution in [0.3, 0.4) is 0 Å². The van der Waals surface area contributed by atoms with E-state index in [1.165, 1.54) is 4.90 Å². The number of nitrogens with one attached hydrogen (secondary N) is 1. The maximum Gasteiger partial charge on any atom is 0.329 e. The molecule has 1 heterocycles. The molecule has 4 heteroatoms. The second-order valence-electron chi connectivity index (χ2n) is 3.66. The quantitative estimate of drug-likeness (QED) is 0.709. The van der Waals surface area contributed by atoms with Crippen LogP contribution in [-0.2, 0) is 4.79 Å². The fourth-order valence-electron chi connectivity index (χ4n) is 1.55. The Morgan fingerprint density at radius 3 is 2.53 bits per heavy atom. The average Bonchev–Trinajstić information content (AvgIpc) is 2.52. The molecule has 4 nitrogen and oxygen atoms in total. The molecule has 1 aromatic carbocycles. The summed E-state index contributed by atoms with van der Waals surface area (Å²) in [6, 6.07) is 5.19. The number of carbonyl (C=O) groups is 2. The molecule has 1 aliphatic rings. The van der Waals surface area contributed by atoms with E-state index in [4.69, 9.17) is 0 Å². The Kier molecular flexibility index (Phi) is 2.19. The van der Waals surface area contributed by atoms with Crippen molar-refractivity contribution in [3.63, 3.8) is 0 Å². The van der Waals surface area contributed by atoms with Crippen LogP contribution >= 0.6 is 0 Å². The van der Waals surface area contributed by atoms with Crippen LogP contribution in [0.1, 0.15) is 12.6 Å². The molecule has 0 saturated carbocycles. The SMILES string of the molecule is Cc1ccc(N2C(=O)CNC2=O)cc1C.[HH]. The molecular weight excluding hydrogens is 192 g/mol. The van der Waals surface area contributed by atoms with Crippen LogP contribution in [0, 0.1) is 13.8 Å². The highest BCUT2D eigenvalue weighted by atomic mass is 16.2. The number of benzene rings is 1. The smallest absolute Gasteiger partial charge is 0.328 e. The van der Waals surface area contributed by atoms with Crippen molar-refractivity contribution in [1.82, 2.24) is 5.32 Å². The van der Waals surface area contributed by atoms with Gasteiger partial charge in [0.25, 0.3) is 5.91 Å². The molecular formula is C11H14N2O2. The standard InChI is InChI=1S/C11H12N2O2.H2/c1-7-3-4-9(5-8(7)2)13-10(14)6-12-11(13)15;/h3-5H,6H2,1-2H3,(H,12,15);1H. The predicted octanol–water partition coefficient (Wildman–Crippen LogP) is 1.61. The van der Waals surface area contributed by atoms with E-state index < -0.39 is 0 Å². The van der Waals surface area contributed by atoms with Crippen molar-refractivity contribution in [2.24, 2.45) is 0 Å². The molecule has 0 aromatic heterocycles. The van der Waals surface area contributed by atoms with E-state index in [2.05, 4.69) is 5.32 Å². The van der Waals surface area contributed by atoms with Crippen molar-refractivity contribution in [1.29, 1.82) is 0 Å². The van der Waals surface area contributed by atoms with E-state index in [1.807, 2.05) is 26.0 Å². The largest absolute Gasteiger partial charge is 0.329 e. The minimum absolute atomic E-state index is 0. The van der Waals surface area contributed by atoms with Crippen LogP contribution in [0.2, 0.25) is 0 Å². The number of nitrogens with zero attached hydrogens (tertiary/aromatic N) is 1. The van der Waals surface area contributed by atoms with Gasteiger partial charge in [0.2, 0.25) is 0 Å². The van der Waals surface area contributed by atoms with Crippen molar-refractivity contribution < 1.29 is 11.0 Å². The summed E-state index contributed by atoms with van der Waals surface area (Å²) < 4.78 is 0. The van der Waals surface area contributed by atoms with Gasteiger partial charge in [0.05, 0.1) is 12.2 Å². The number of rotatable bonds is 1. The maximum atomic E-state index is 11.4. The summed E-state index contributed by atoms with van der Waals surface area (Å²) in [5, 5.41) is 2.49. The normalized spacial score (nSPS) is 15.7. The van der Waals surface area contributed by atoms with Gasteiger partial charge in [-0.1, -0.05) is 6.07 Å². The lowest BCUT2D eigenvalue weighted by molar-refractivity contribution is -0.115. The Morgan fingerprint density at radius 2 is 2.00 bits per heavy atom. The molecule has 1 fully saturated rings. The molecule has 0 unspecified atom stereocenters. The van der Waals surface area contributed by atoms with Crippen LogP contribution in [-0.4, -0.2) is 18.5 Å². The highest BCUT2D eigenvalue weighted by Crippen LogP contribution is 2.20. The van der Waals surface area contributed by atoms with Gasteiger partial charge in [-0.05, 0) is 37.1 Å². The Bertz CT molecular complexity index is 430. The van der Waals surface area contributed by atoms with Crippen molar-refractivity contribution in [3.05, 3.63) is 29.3 Å². The van der Waals surface area contributed by atoms with Gasteiger partial charge in [-0.15, -0.1) is 0 Å². The summed E-state index contributed by atoms with van der Waals surface area (Å²) in [6.45, 7) is 4.04. The number of hydrogen-bond acceptors (Lipinski definition) is 2. The van der Waals surface area contributed by atoms with E-state index in [0.29, 0.717) is 5.69 Å². The van der Waals surface area contributed by atoms with Gasteiger partial charge in [-0.25, -0.2) is 9.69 Å². The minimum atomic E-state index is -0.344. The molecule has 1 N–H and O–H groups in total. The monoisotopic (exact) mass is 206 g/mol. The zero-order chi connectivity index (χ0) is 11.0. The minimum Gasteiger partial charge on any atom is -0.328 e. The van der Waals surface area contributed by atoms with Gasteiger partial charge >= 0.3 is 6.03 Å². The fraction of sp³-hybridized carbons (Fsp3) is 0.273. The number of imide groups is 1. The lowest BCUT2D eigenvalue weighted by Crippen LogP contribution is -2.30. The molecule has 15 heavy (non-hydrogen) atoms. The van der Waals surface area contributed by atoms with Crippen molar-refractivity contribution in [2.75, 3.05) is 11.4 Å². The third-order valence-electron chi connectivity index (χ3n) is 2.59. The first kappa shape index (κ1) is 9.71. The lowest BCUT2D eigenvalue weighted by atomic mass is 10.1. The first-order valence-electron chi connectivity index (χ1n) is 4.77. The van der Waals surface area contributed by atoms with E-state index in [1.54, 1.807) is 6.07 Å². The molecule has 0 spiro atoms. The van der Waals surface area contributed by atoms with Crippen LogP contribution in [0.15, 0.2) is 18.2 Å². The van der Waals surface area contributed by atoms with Gasteiger partial charge in [-0.3, -0.25) is 4.79 Å². The molecule has 1 aromatic rings. The van der Waals surface area contributed by atoms with Gasteiger partial charge in [-0.2, -0.15) is 0 Å². The number of anilines is 1.